The summed E-state index contributed by atoms with van der Waals surface area (Å²) in [6, 6.07) is 6.07. The third-order valence-corrected chi connectivity index (χ3v) is 3.48. The van der Waals surface area contributed by atoms with E-state index in [1.54, 1.807) is 12.1 Å². The number of piperidine rings is 1. The van der Waals surface area contributed by atoms with Gasteiger partial charge in [-0.3, -0.25) is 4.79 Å². The van der Waals surface area contributed by atoms with Gasteiger partial charge in [0.25, 0.3) is 0 Å². The summed E-state index contributed by atoms with van der Waals surface area (Å²) in [5.74, 6) is -0.177. The molecule has 1 aromatic rings. The van der Waals surface area contributed by atoms with Crippen molar-refractivity contribution < 1.29 is 9.18 Å². The molecular formula is C13H15ClFNO. The molecule has 2 rings (SSSR count). The zero-order valence-electron chi connectivity index (χ0n) is 9.53. The lowest BCUT2D eigenvalue weighted by atomic mass is 10.1. The number of amides is 1. The van der Waals surface area contributed by atoms with Gasteiger partial charge in [-0.1, -0.05) is 12.1 Å². The van der Waals surface area contributed by atoms with Gasteiger partial charge in [0, 0.05) is 18.5 Å². The number of nitrogens with zero attached hydrogens (tertiary/aromatic N) is 1. The molecule has 1 fully saturated rings. The van der Waals surface area contributed by atoms with Crippen molar-refractivity contribution in [3.63, 3.8) is 0 Å². The minimum atomic E-state index is -0.274. The van der Waals surface area contributed by atoms with Crippen LogP contribution in [-0.2, 0) is 11.2 Å². The molecule has 17 heavy (non-hydrogen) atoms. The molecule has 0 unspecified atom stereocenters. The number of hydrogen-bond acceptors (Lipinski definition) is 1. The van der Waals surface area contributed by atoms with Crippen molar-refractivity contribution in [2.75, 3.05) is 13.1 Å². The van der Waals surface area contributed by atoms with Gasteiger partial charge < -0.3 is 4.90 Å². The van der Waals surface area contributed by atoms with E-state index in [2.05, 4.69) is 0 Å². The summed E-state index contributed by atoms with van der Waals surface area (Å²) in [6.45, 7) is 1.46. The van der Waals surface area contributed by atoms with E-state index in [9.17, 15) is 9.18 Å². The highest BCUT2D eigenvalue weighted by molar-refractivity contribution is 6.20. The summed E-state index contributed by atoms with van der Waals surface area (Å²) in [5, 5.41) is 0.199. The molecule has 4 heteroatoms. The number of rotatable bonds is 2. The van der Waals surface area contributed by atoms with Crippen LogP contribution in [0.25, 0.3) is 0 Å². The summed E-state index contributed by atoms with van der Waals surface area (Å²) < 4.78 is 12.7. The van der Waals surface area contributed by atoms with Crippen LogP contribution in [0.3, 0.4) is 0 Å². The Morgan fingerprint density at radius 2 is 1.88 bits per heavy atom. The van der Waals surface area contributed by atoms with E-state index >= 15 is 0 Å². The van der Waals surface area contributed by atoms with Crippen LogP contribution in [0.1, 0.15) is 18.4 Å². The maximum Gasteiger partial charge on any atom is 0.226 e. The molecule has 0 saturated carbocycles. The molecule has 1 saturated heterocycles. The second-order valence-electron chi connectivity index (χ2n) is 4.36. The summed E-state index contributed by atoms with van der Waals surface area (Å²) in [5.41, 5.74) is 0.851. The fraction of sp³-hybridized carbons (Fsp3) is 0.462. The van der Waals surface area contributed by atoms with Crippen molar-refractivity contribution in [2.45, 2.75) is 24.6 Å². The SMILES string of the molecule is O=C(Cc1ccc(F)cc1)N1CCC(Cl)CC1. The van der Waals surface area contributed by atoms with Crippen LogP contribution in [0.4, 0.5) is 4.39 Å². The van der Waals surface area contributed by atoms with E-state index in [1.165, 1.54) is 12.1 Å². The molecule has 0 N–H and O–H groups in total. The highest BCUT2D eigenvalue weighted by atomic mass is 35.5. The lowest BCUT2D eigenvalue weighted by Gasteiger charge is -2.29. The highest BCUT2D eigenvalue weighted by Gasteiger charge is 2.21. The Balaban J connectivity index is 1.90. The van der Waals surface area contributed by atoms with Crippen LogP contribution in [0.2, 0.25) is 0 Å². The second kappa shape index (κ2) is 5.50. The molecule has 1 aliphatic rings. The third kappa shape index (κ3) is 3.43. The molecule has 0 radical (unpaired) electrons. The van der Waals surface area contributed by atoms with E-state index in [1.807, 2.05) is 4.90 Å². The van der Waals surface area contributed by atoms with Crippen LogP contribution in [0.15, 0.2) is 24.3 Å². The fourth-order valence-corrected chi connectivity index (χ4v) is 2.18. The van der Waals surface area contributed by atoms with Gasteiger partial charge in [-0.2, -0.15) is 0 Å². The number of benzene rings is 1. The maximum absolute atomic E-state index is 12.7. The van der Waals surface area contributed by atoms with Crippen molar-refractivity contribution in [2.24, 2.45) is 0 Å². The number of alkyl halides is 1. The first-order valence-electron chi connectivity index (χ1n) is 5.81. The number of likely N-dealkylation sites (tertiary alicyclic amines) is 1. The molecule has 2 nitrogen and oxygen atoms in total. The smallest absolute Gasteiger partial charge is 0.226 e. The summed E-state index contributed by atoms with van der Waals surface area (Å²) in [4.78, 5) is 13.8. The van der Waals surface area contributed by atoms with Gasteiger partial charge >= 0.3 is 0 Å². The minimum Gasteiger partial charge on any atom is -0.342 e. The molecule has 1 amide bonds. The first-order chi connectivity index (χ1) is 8.15. The Labute approximate surface area is 105 Å². The molecule has 0 bridgehead atoms. The van der Waals surface area contributed by atoms with Crippen LogP contribution in [-0.4, -0.2) is 29.3 Å². The average Bonchev–Trinajstić information content (AvgIpc) is 2.33. The van der Waals surface area contributed by atoms with Crippen LogP contribution in [0, 0.1) is 5.82 Å². The van der Waals surface area contributed by atoms with Crippen LogP contribution < -0.4 is 0 Å². The molecule has 0 aliphatic carbocycles. The van der Waals surface area contributed by atoms with E-state index in [0.717, 1.165) is 31.5 Å². The van der Waals surface area contributed by atoms with Gasteiger partial charge in [0.1, 0.15) is 5.82 Å². The van der Waals surface area contributed by atoms with Gasteiger partial charge in [-0.05, 0) is 30.5 Å². The minimum absolute atomic E-state index is 0.0974. The zero-order valence-corrected chi connectivity index (χ0v) is 10.3. The molecule has 1 aliphatic heterocycles. The standard InChI is InChI=1S/C13H15ClFNO/c14-11-5-7-16(8-6-11)13(17)9-10-1-3-12(15)4-2-10/h1-4,11H,5-9H2. The van der Waals surface area contributed by atoms with Crippen LogP contribution >= 0.6 is 11.6 Å². The second-order valence-corrected chi connectivity index (χ2v) is 4.98. The first-order valence-corrected chi connectivity index (χ1v) is 6.25. The third-order valence-electron chi connectivity index (χ3n) is 3.05. The topological polar surface area (TPSA) is 20.3 Å². The monoisotopic (exact) mass is 255 g/mol. The van der Waals surface area contributed by atoms with Gasteiger partial charge in [0.2, 0.25) is 5.91 Å². The lowest BCUT2D eigenvalue weighted by Crippen LogP contribution is -2.39. The number of carbonyl (C=O) groups excluding carboxylic acids is 1. The Hall–Kier alpha value is -1.09. The van der Waals surface area contributed by atoms with E-state index in [-0.39, 0.29) is 17.1 Å². The van der Waals surface area contributed by atoms with Crippen molar-refractivity contribution in [3.05, 3.63) is 35.6 Å². The highest BCUT2D eigenvalue weighted by Crippen LogP contribution is 2.16. The summed E-state index contributed by atoms with van der Waals surface area (Å²) >= 11 is 5.98. The fourth-order valence-electron chi connectivity index (χ4n) is 1.99. The molecule has 0 atom stereocenters. The molecule has 92 valence electrons. The predicted octanol–water partition coefficient (Wildman–Crippen LogP) is 2.60. The zero-order chi connectivity index (χ0) is 12.3. The number of carbonyl (C=O) groups is 1. The van der Waals surface area contributed by atoms with Gasteiger partial charge in [-0.25, -0.2) is 4.39 Å². The number of hydrogen-bond donors (Lipinski definition) is 0. The van der Waals surface area contributed by atoms with Crippen molar-refractivity contribution in [1.29, 1.82) is 0 Å². The average molecular weight is 256 g/mol. The van der Waals surface area contributed by atoms with Crippen molar-refractivity contribution in [3.8, 4) is 0 Å². The van der Waals surface area contributed by atoms with Crippen molar-refractivity contribution in [1.82, 2.24) is 4.90 Å². The van der Waals surface area contributed by atoms with E-state index in [4.69, 9.17) is 11.6 Å². The molecule has 0 aromatic heterocycles. The molecule has 1 heterocycles. The Bertz CT molecular complexity index is 385. The first kappa shape index (κ1) is 12.4. The van der Waals surface area contributed by atoms with Gasteiger partial charge in [-0.15, -0.1) is 11.6 Å². The molecule has 0 spiro atoms. The van der Waals surface area contributed by atoms with Gasteiger partial charge in [0.05, 0.1) is 6.42 Å². The quantitative estimate of drug-likeness (QED) is 0.744. The molecule has 1 aromatic carbocycles. The predicted molar refractivity (Wildman–Crippen MR) is 65.6 cm³/mol. The lowest BCUT2D eigenvalue weighted by molar-refractivity contribution is -0.131. The largest absolute Gasteiger partial charge is 0.342 e. The Kier molecular flexibility index (Phi) is 4.00. The Morgan fingerprint density at radius 1 is 1.29 bits per heavy atom. The van der Waals surface area contributed by atoms with Crippen LogP contribution in [0.5, 0.6) is 0 Å². The van der Waals surface area contributed by atoms with E-state index < -0.39 is 0 Å². The number of halogens is 2. The Morgan fingerprint density at radius 3 is 2.47 bits per heavy atom. The van der Waals surface area contributed by atoms with E-state index in [0.29, 0.717) is 6.42 Å². The molecular weight excluding hydrogens is 241 g/mol. The maximum atomic E-state index is 12.7. The van der Waals surface area contributed by atoms with Crippen molar-refractivity contribution >= 4 is 17.5 Å². The van der Waals surface area contributed by atoms with Gasteiger partial charge in [0.15, 0.2) is 0 Å². The summed E-state index contributed by atoms with van der Waals surface area (Å²) in [6.07, 6.45) is 2.06. The normalized spacial score (nSPS) is 17.2. The summed E-state index contributed by atoms with van der Waals surface area (Å²) in [7, 11) is 0.